The SMILES string of the molecule is Cc1cccc(N2C(=O)[C@H](CCC(=O)OCc3ccccc3)NC2=S)c1. The van der Waals surface area contributed by atoms with Gasteiger partial charge >= 0.3 is 5.97 Å². The van der Waals surface area contributed by atoms with E-state index in [2.05, 4.69) is 5.32 Å². The summed E-state index contributed by atoms with van der Waals surface area (Å²) < 4.78 is 5.25. The minimum absolute atomic E-state index is 0.142. The van der Waals surface area contributed by atoms with Gasteiger partial charge in [0.2, 0.25) is 0 Å². The monoisotopic (exact) mass is 368 g/mol. The second-order valence-electron chi connectivity index (χ2n) is 6.20. The first-order valence-corrected chi connectivity index (χ1v) is 8.86. The smallest absolute Gasteiger partial charge is 0.306 e. The van der Waals surface area contributed by atoms with Crippen LogP contribution in [0.1, 0.15) is 24.0 Å². The molecule has 1 N–H and O–H groups in total. The number of carbonyl (C=O) groups excluding carboxylic acids is 2. The van der Waals surface area contributed by atoms with Gasteiger partial charge in [-0.1, -0.05) is 42.5 Å². The largest absolute Gasteiger partial charge is 0.461 e. The highest BCUT2D eigenvalue weighted by atomic mass is 32.1. The Kier molecular flexibility index (Phi) is 5.63. The number of hydrogen-bond acceptors (Lipinski definition) is 4. The van der Waals surface area contributed by atoms with Crippen molar-refractivity contribution in [3.8, 4) is 0 Å². The third-order valence-corrected chi connectivity index (χ3v) is 4.46. The second kappa shape index (κ2) is 8.10. The number of amides is 1. The van der Waals surface area contributed by atoms with Crippen LogP contribution in [0.3, 0.4) is 0 Å². The van der Waals surface area contributed by atoms with Crippen LogP contribution in [0.2, 0.25) is 0 Å². The molecule has 2 aromatic carbocycles. The molecule has 0 bridgehead atoms. The molecule has 1 amide bonds. The molecule has 5 nitrogen and oxygen atoms in total. The lowest BCUT2D eigenvalue weighted by molar-refractivity contribution is -0.145. The topological polar surface area (TPSA) is 58.6 Å². The first-order valence-electron chi connectivity index (χ1n) is 8.45. The number of esters is 1. The molecule has 0 radical (unpaired) electrons. The average Bonchev–Trinajstić information content (AvgIpc) is 2.92. The standard InChI is InChI=1S/C20H20N2O3S/c1-14-6-5-9-16(12-14)22-19(24)17(21-20(22)26)10-11-18(23)25-13-15-7-3-2-4-8-15/h2-9,12,17H,10-11,13H2,1H3,(H,21,26)/t17-/m0/s1. The maximum absolute atomic E-state index is 12.6. The lowest BCUT2D eigenvalue weighted by atomic mass is 10.1. The fraction of sp³-hybridized carbons (Fsp3) is 0.250. The lowest BCUT2D eigenvalue weighted by Crippen LogP contribution is -2.31. The molecule has 1 fully saturated rings. The Morgan fingerprint density at radius 3 is 2.69 bits per heavy atom. The van der Waals surface area contributed by atoms with Crippen LogP contribution in [0, 0.1) is 6.92 Å². The number of aryl methyl sites for hydroxylation is 1. The lowest BCUT2D eigenvalue weighted by Gasteiger charge is -2.15. The van der Waals surface area contributed by atoms with Crippen molar-refractivity contribution in [2.24, 2.45) is 0 Å². The van der Waals surface area contributed by atoms with Gasteiger partial charge in [0, 0.05) is 6.42 Å². The molecule has 26 heavy (non-hydrogen) atoms. The van der Waals surface area contributed by atoms with Crippen molar-refractivity contribution in [3.05, 3.63) is 65.7 Å². The van der Waals surface area contributed by atoms with E-state index in [0.29, 0.717) is 11.5 Å². The van der Waals surface area contributed by atoms with E-state index in [-0.39, 0.29) is 24.9 Å². The van der Waals surface area contributed by atoms with E-state index in [0.717, 1.165) is 16.8 Å². The Bertz CT molecular complexity index is 823. The van der Waals surface area contributed by atoms with E-state index < -0.39 is 6.04 Å². The van der Waals surface area contributed by atoms with Crippen LogP contribution in [0.15, 0.2) is 54.6 Å². The molecule has 6 heteroatoms. The third kappa shape index (κ3) is 4.26. The fourth-order valence-electron chi connectivity index (χ4n) is 2.81. The van der Waals surface area contributed by atoms with Gasteiger partial charge in [-0.3, -0.25) is 14.5 Å². The van der Waals surface area contributed by atoms with Crippen LogP contribution < -0.4 is 10.2 Å². The van der Waals surface area contributed by atoms with Crippen LogP contribution in [0.25, 0.3) is 0 Å². The molecular weight excluding hydrogens is 348 g/mol. The molecule has 1 atom stereocenters. The van der Waals surface area contributed by atoms with Gasteiger partial charge in [0.25, 0.3) is 5.91 Å². The van der Waals surface area contributed by atoms with Crippen molar-refractivity contribution in [3.63, 3.8) is 0 Å². The number of ether oxygens (including phenoxy) is 1. The van der Waals surface area contributed by atoms with Gasteiger partial charge in [-0.15, -0.1) is 0 Å². The summed E-state index contributed by atoms with van der Waals surface area (Å²) in [6, 6.07) is 16.6. The number of thiocarbonyl (C=S) groups is 1. The summed E-state index contributed by atoms with van der Waals surface area (Å²) in [4.78, 5) is 26.1. The number of benzene rings is 2. The summed E-state index contributed by atoms with van der Waals surface area (Å²) in [7, 11) is 0. The summed E-state index contributed by atoms with van der Waals surface area (Å²) in [6.07, 6.45) is 0.495. The van der Waals surface area contributed by atoms with E-state index in [1.807, 2.05) is 61.5 Å². The summed E-state index contributed by atoms with van der Waals surface area (Å²) in [5, 5.41) is 3.36. The number of nitrogens with one attached hydrogen (secondary N) is 1. The highest BCUT2D eigenvalue weighted by Gasteiger charge is 2.36. The number of anilines is 1. The quantitative estimate of drug-likeness (QED) is 0.627. The molecule has 0 spiro atoms. The fourth-order valence-corrected chi connectivity index (χ4v) is 3.15. The van der Waals surface area contributed by atoms with Crippen LogP contribution in [0.4, 0.5) is 5.69 Å². The van der Waals surface area contributed by atoms with Gasteiger partial charge in [-0.2, -0.15) is 0 Å². The molecule has 2 aromatic rings. The molecule has 1 heterocycles. The Morgan fingerprint density at radius 2 is 1.96 bits per heavy atom. The minimum atomic E-state index is -0.507. The van der Waals surface area contributed by atoms with E-state index in [1.54, 1.807) is 0 Å². The first-order chi connectivity index (χ1) is 12.5. The highest BCUT2D eigenvalue weighted by Crippen LogP contribution is 2.22. The summed E-state index contributed by atoms with van der Waals surface area (Å²) >= 11 is 5.29. The molecule has 0 aromatic heterocycles. The molecule has 0 aliphatic carbocycles. The minimum Gasteiger partial charge on any atom is -0.461 e. The molecular formula is C20H20N2O3S. The Hall–Kier alpha value is -2.73. The van der Waals surface area contributed by atoms with Gasteiger partial charge in [0.15, 0.2) is 5.11 Å². The molecule has 1 aliphatic heterocycles. The zero-order valence-corrected chi connectivity index (χ0v) is 15.3. The summed E-state index contributed by atoms with van der Waals surface area (Å²) in [6.45, 7) is 2.19. The highest BCUT2D eigenvalue weighted by molar-refractivity contribution is 7.80. The molecule has 3 rings (SSSR count). The van der Waals surface area contributed by atoms with Crippen LogP contribution in [-0.2, 0) is 20.9 Å². The van der Waals surface area contributed by atoms with E-state index in [9.17, 15) is 9.59 Å². The Balaban J connectivity index is 1.53. The van der Waals surface area contributed by atoms with E-state index in [1.165, 1.54) is 4.90 Å². The Morgan fingerprint density at radius 1 is 1.19 bits per heavy atom. The molecule has 0 unspecified atom stereocenters. The zero-order valence-electron chi connectivity index (χ0n) is 14.5. The average molecular weight is 368 g/mol. The van der Waals surface area contributed by atoms with Crippen LogP contribution in [-0.4, -0.2) is 23.0 Å². The van der Waals surface area contributed by atoms with Crippen molar-refractivity contribution in [2.45, 2.75) is 32.4 Å². The summed E-state index contributed by atoms with van der Waals surface area (Å²) in [5.41, 5.74) is 2.72. The van der Waals surface area contributed by atoms with Gasteiger partial charge in [0.05, 0.1) is 5.69 Å². The van der Waals surface area contributed by atoms with Crippen LogP contribution >= 0.6 is 12.2 Å². The van der Waals surface area contributed by atoms with Gasteiger partial charge in [0.1, 0.15) is 12.6 Å². The van der Waals surface area contributed by atoms with E-state index >= 15 is 0 Å². The van der Waals surface area contributed by atoms with Crippen molar-refractivity contribution in [1.82, 2.24) is 5.32 Å². The molecule has 0 saturated carbocycles. The predicted octanol–water partition coefficient (Wildman–Crippen LogP) is 3.11. The maximum Gasteiger partial charge on any atom is 0.306 e. The summed E-state index contributed by atoms with van der Waals surface area (Å²) in [5.74, 6) is -0.472. The van der Waals surface area contributed by atoms with Crippen LogP contribution in [0.5, 0.6) is 0 Å². The van der Waals surface area contributed by atoms with Crippen molar-refractivity contribution in [1.29, 1.82) is 0 Å². The van der Waals surface area contributed by atoms with Crippen molar-refractivity contribution in [2.75, 3.05) is 4.90 Å². The zero-order chi connectivity index (χ0) is 18.5. The number of carbonyl (C=O) groups is 2. The maximum atomic E-state index is 12.6. The van der Waals surface area contributed by atoms with E-state index in [4.69, 9.17) is 17.0 Å². The first kappa shape index (κ1) is 18.1. The van der Waals surface area contributed by atoms with Gasteiger partial charge in [-0.05, 0) is 48.8 Å². The third-order valence-electron chi connectivity index (χ3n) is 4.16. The van der Waals surface area contributed by atoms with Gasteiger partial charge < -0.3 is 10.1 Å². The second-order valence-corrected chi connectivity index (χ2v) is 6.59. The Labute approximate surface area is 158 Å². The normalized spacial score (nSPS) is 16.5. The van der Waals surface area contributed by atoms with Crippen molar-refractivity contribution < 1.29 is 14.3 Å². The van der Waals surface area contributed by atoms with Crippen molar-refractivity contribution >= 4 is 34.9 Å². The molecule has 1 aliphatic rings. The number of hydrogen-bond donors (Lipinski definition) is 1. The predicted molar refractivity (Wildman–Crippen MR) is 104 cm³/mol. The number of nitrogens with zero attached hydrogens (tertiary/aromatic N) is 1. The molecule has 1 saturated heterocycles. The molecule has 134 valence electrons. The number of rotatable bonds is 6. The van der Waals surface area contributed by atoms with Gasteiger partial charge in [-0.25, -0.2) is 0 Å².